The molecule has 0 fully saturated rings. The predicted octanol–water partition coefficient (Wildman–Crippen LogP) is 7.16. The molecule has 6 rings (SSSR count). The third kappa shape index (κ3) is 8.71. The minimum Gasteiger partial charge on any atom is -0.481 e. The summed E-state index contributed by atoms with van der Waals surface area (Å²) < 4.78 is 55.7. The van der Waals surface area contributed by atoms with Crippen molar-refractivity contribution >= 4 is 52.1 Å². The number of fused-ring (bicyclic) bond motifs is 2. The average molecular weight is 767 g/mol. The SMILES string of the molecule is CC(=O)O.Nc1c(Cl)c(C(=O)Cc2ccc(F)c(F)c2)n2c1CCC2.O=C(Cc1ccc(F)c(F)c1)c1c(Cl)c([N+](=O)[O-])c2n1CCC2.[Fe]. The zero-order valence-electron chi connectivity index (χ0n) is 25.6. The van der Waals surface area contributed by atoms with Crippen LogP contribution in [0.2, 0.25) is 10.0 Å². The fraction of sp³-hybridized carbons (Fsp3) is 0.281. The number of ketones is 2. The summed E-state index contributed by atoms with van der Waals surface area (Å²) in [4.78, 5) is 44.5. The standard InChI is InChI=1S/C15H11ClF2N2O3.C15H13ClF2N2O.C2H4O2.Fe/c16-13-14(20(22)23)11-2-1-5-19(11)15(13)12(21)7-8-3-4-9(17)10(18)6-8;16-13-14(19)11-2-1-5-20(11)15(13)12(21)7-8-3-4-9(17)10(18)6-8;1-2(3)4;/h3-4,6H,1-2,5,7H2;3-4,6H,1-2,5,7,19H2;1H3,(H,3,4);. The molecule has 10 nitrogen and oxygen atoms in total. The summed E-state index contributed by atoms with van der Waals surface area (Å²) in [5.74, 6) is -5.49. The van der Waals surface area contributed by atoms with Crippen LogP contribution in [0.5, 0.6) is 0 Å². The van der Waals surface area contributed by atoms with Crippen molar-refractivity contribution in [2.45, 2.75) is 58.5 Å². The number of Topliss-reactive ketones (excluding diaryl/α,β-unsaturated/α-hetero) is 2. The van der Waals surface area contributed by atoms with Gasteiger partial charge in [-0.2, -0.15) is 0 Å². The van der Waals surface area contributed by atoms with Gasteiger partial charge in [0.25, 0.3) is 5.97 Å². The largest absolute Gasteiger partial charge is 0.481 e. The van der Waals surface area contributed by atoms with Crippen LogP contribution in [0.15, 0.2) is 36.4 Å². The second-order valence-electron chi connectivity index (χ2n) is 11.0. The van der Waals surface area contributed by atoms with Crippen molar-refractivity contribution in [3.8, 4) is 0 Å². The first-order valence-electron chi connectivity index (χ1n) is 14.5. The van der Waals surface area contributed by atoms with Crippen LogP contribution in [-0.4, -0.2) is 36.7 Å². The van der Waals surface area contributed by atoms with Gasteiger partial charge in [-0.05, 0) is 61.1 Å². The number of hydrogen-bond donors (Lipinski definition) is 2. The number of nitro groups is 1. The summed E-state index contributed by atoms with van der Waals surface area (Å²) in [6.45, 7) is 2.26. The van der Waals surface area contributed by atoms with Gasteiger partial charge in [0, 0.05) is 55.6 Å². The molecular weight excluding hydrogens is 739 g/mol. The number of carboxylic acids is 1. The van der Waals surface area contributed by atoms with E-state index in [-0.39, 0.29) is 62.7 Å². The van der Waals surface area contributed by atoms with Crippen LogP contribution in [0.4, 0.5) is 28.9 Å². The van der Waals surface area contributed by atoms with Gasteiger partial charge in [0.05, 0.1) is 21.3 Å². The van der Waals surface area contributed by atoms with Crippen LogP contribution in [0, 0.1) is 33.4 Å². The number of aliphatic carboxylic acids is 1. The van der Waals surface area contributed by atoms with E-state index in [1.165, 1.54) is 12.1 Å². The van der Waals surface area contributed by atoms with E-state index in [0.717, 1.165) is 49.7 Å². The molecule has 0 amide bonds. The second kappa shape index (κ2) is 16.5. The number of aromatic nitrogens is 2. The normalized spacial score (nSPS) is 12.5. The van der Waals surface area contributed by atoms with Gasteiger partial charge in [-0.1, -0.05) is 35.3 Å². The predicted molar refractivity (Wildman–Crippen MR) is 169 cm³/mol. The van der Waals surface area contributed by atoms with Gasteiger partial charge < -0.3 is 20.0 Å². The molecule has 0 bridgehead atoms. The Morgan fingerprint density at radius 1 is 0.816 bits per heavy atom. The first-order valence-corrected chi connectivity index (χ1v) is 15.2. The minimum atomic E-state index is -1.05. The Hall–Kier alpha value is -4.17. The van der Waals surface area contributed by atoms with Gasteiger partial charge in [-0.25, -0.2) is 17.6 Å². The van der Waals surface area contributed by atoms with Crippen molar-refractivity contribution < 1.29 is 59.0 Å². The van der Waals surface area contributed by atoms with E-state index in [1.54, 1.807) is 4.57 Å². The van der Waals surface area contributed by atoms with Crippen LogP contribution < -0.4 is 5.73 Å². The van der Waals surface area contributed by atoms with E-state index in [4.69, 9.17) is 38.8 Å². The maximum atomic E-state index is 13.2. The van der Waals surface area contributed by atoms with Gasteiger partial charge in [-0.3, -0.25) is 24.5 Å². The Morgan fingerprint density at radius 3 is 1.65 bits per heavy atom. The van der Waals surface area contributed by atoms with Crippen LogP contribution in [0.25, 0.3) is 0 Å². The molecule has 0 spiro atoms. The minimum absolute atomic E-state index is 0. The number of benzene rings is 2. The Labute approximate surface area is 297 Å². The summed E-state index contributed by atoms with van der Waals surface area (Å²) >= 11 is 12.2. The van der Waals surface area contributed by atoms with E-state index in [9.17, 15) is 37.3 Å². The molecule has 4 aromatic rings. The van der Waals surface area contributed by atoms with E-state index in [1.807, 2.05) is 4.57 Å². The molecule has 0 atom stereocenters. The smallest absolute Gasteiger partial charge is 0.309 e. The maximum Gasteiger partial charge on any atom is 0.309 e. The summed E-state index contributed by atoms with van der Waals surface area (Å²) in [6, 6.07) is 6.59. The molecule has 0 radical (unpaired) electrons. The molecule has 0 aliphatic carbocycles. The molecule has 2 aliphatic heterocycles. The zero-order valence-corrected chi connectivity index (χ0v) is 28.3. The third-order valence-corrected chi connectivity index (χ3v) is 8.38. The summed E-state index contributed by atoms with van der Waals surface area (Å²) in [5, 5.41) is 18.7. The number of nitrogens with two attached hydrogens (primary N) is 1. The topological polar surface area (TPSA) is 150 Å². The Bertz CT molecular complexity index is 1940. The number of carbonyl (C=O) groups is 3. The van der Waals surface area contributed by atoms with Crippen molar-refractivity contribution in [2.75, 3.05) is 5.73 Å². The molecule has 17 heteroatoms. The van der Waals surface area contributed by atoms with Gasteiger partial charge in [0.15, 0.2) is 34.8 Å². The number of carbonyl (C=O) groups excluding carboxylic acids is 2. The fourth-order valence-electron chi connectivity index (χ4n) is 5.67. The molecule has 2 aromatic carbocycles. The molecule has 2 aliphatic rings. The van der Waals surface area contributed by atoms with Gasteiger partial charge in [-0.15, -0.1) is 0 Å². The number of halogens is 6. The molecule has 4 heterocycles. The summed E-state index contributed by atoms with van der Waals surface area (Å²) in [6.07, 6.45) is 2.64. The number of nitrogens with zero attached hydrogens (tertiary/aromatic N) is 3. The first-order chi connectivity index (χ1) is 22.6. The van der Waals surface area contributed by atoms with Crippen LogP contribution in [0.3, 0.4) is 0 Å². The number of anilines is 1. The van der Waals surface area contributed by atoms with Crippen molar-refractivity contribution in [1.29, 1.82) is 0 Å². The van der Waals surface area contributed by atoms with Crippen LogP contribution in [0.1, 0.15) is 63.3 Å². The number of rotatable bonds is 7. The summed E-state index contributed by atoms with van der Waals surface area (Å²) in [7, 11) is 0. The first kappa shape index (κ1) is 39.3. The van der Waals surface area contributed by atoms with Gasteiger partial charge in [0.2, 0.25) is 0 Å². The van der Waals surface area contributed by atoms with Crippen molar-refractivity contribution in [1.82, 2.24) is 9.13 Å². The Morgan fingerprint density at radius 2 is 1.22 bits per heavy atom. The molecule has 0 unspecified atom stereocenters. The van der Waals surface area contributed by atoms with Gasteiger partial charge in [0.1, 0.15) is 16.4 Å². The zero-order chi connectivity index (χ0) is 35.4. The molecule has 0 saturated heterocycles. The molecule has 262 valence electrons. The number of hydrogen-bond acceptors (Lipinski definition) is 6. The quantitative estimate of drug-likeness (QED) is 0.0666. The molecular formula is C32H28Cl2F4FeN4O6. The Balaban J connectivity index is 0.000000236. The average Bonchev–Trinajstić information content (AvgIpc) is 3.76. The number of carboxylic acid groups (broad SMARTS) is 1. The monoisotopic (exact) mass is 766 g/mol. The molecule has 3 N–H and O–H groups in total. The van der Waals surface area contributed by atoms with Crippen molar-refractivity contribution in [2.24, 2.45) is 0 Å². The maximum absolute atomic E-state index is 13.2. The second-order valence-corrected chi connectivity index (χ2v) is 11.7. The fourth-order valence-corrected chi connectivity index (χ4v) is 6.37. The molecule has 0 saturated carbocycles. The molecule has 49 heavy (non-hydrogen) atoms. The van der Waals surface area contributed by atoms with Crippen LogP contribution >= 0.6 is 23.2 Å². The van der Waals surface area contributed by atoms with Crippen molar-refractivity contribution in [3.05, 3.63) is 114 Å². The van der Waals surface area contributed by atoms with Crippen LogP contribution in [-0.2, 0) is 60.6 Å². The van der Waals surface area contributed by atoms with E-state index in [0.29, 0.717) is 48.6 Å². The molecule has 2 aromatic heterocycles. The van der Waals surface area contributed by atoms with E-state index < -0.39 is 39.9 Å². The third-order valence-electron chi connectivity index (χ3n) is 7.63. The van der Waals surface area contributed by atoms with Gasteiger partial charge >= 0.3 is 5.69 Å². The Kier molecular flexibility index (Phi) is 13.2. The van der Waals surface area contributed by atoms with E-state index in [2.05, 4.69) is 0 Å². The van der Waals surface area contributed by atoms with E-state index >= 15 is 0 Å². The summed E-state index contributed by atoms with van der Waals surface area (Å²) in [5.41, 5.74) is 8.56. The number of nitrogen functional groups attached to an aromatic ring is 1. The van der Waals surface area contributed by atoms with Crippen molar-refractivity contribution in [3.63, 3.8) is 0 Å².